The number of rotatable bonds is 6. The number of carbonyl (C=O) groups excluding carboxylic acids is 2. The summed E-state index contributed by atoms with van der Waals surface area (Å²) in [6.07, 6.45) is 1.56. The van der Waals surface area contributed by atoms with Crippen LogP contribution in [0.1, 0.15) is 40.5 Å². The first-order chi connectivity index (χ1) is 12.6. The van der Waals surface area contributed by atoms with Gasteiger partial charge in [-0.2, -0.15) is 0 Å². The van der Waals surface area contributed by atoms with E-state index in [0.29, 0.717) is 12.2 Å². The largest absolute Gasteiger partial charge is 0.461 e. The third-order valence-corrected chi connectivity index (χ3v) is 3.59. The lowest BCUT2D eigenvalue weighted by Gasteiger charge is -2.07. The lowest BCUT2D eigenvalue weighted by Crippen LogP contribution is -2.16. The molecule has 8 nitrogen and oxygen atoms in total. The molecule has 0 amide bonds. The van der Waals surface area contributed by atoms with Gasteiger partial charge in [-0.25, -0.2) is 24.5 Å². The molecule has 0 aliphatic heterocycles. The molecule has 2 aromatic heterocycles. The van der Waals surface area contributed by atoms with Crippen LogP contribution < -0.4 is 0 Å². The summed E-state index contributed by atoms with van der Waals surface area (Å²) in [6, 6.07) is 9.71. The van der Waals surface area contributed by atoms with Crippen LogP contribution in [-0.2, 0) is 16.0 Å². The number of aromatic nitrogens is 4. The molecule has 0 fully saturated rings. The maximum atomic E-state index is 12.2. The second-order valence-electron chi connectivity index (χ2n) is 5.37. The fraction of sp³-hybridized carbons (Fsp3) is 0.278. The summed E-state index contributed by atoms with van der Waals surface area (Å²) in [4.78, 5) is 36.9. The molecule has 0 unspecified atom stereocenters. The van der Waals surface area contributed by atoms with Gasteiger partial charge in [0.05, 0.1) is 26.1 Å². The van der Waals surface area contributed by atoms with E-state index in [1.54, 1.807) is 24.7 Å². The molecule has 0 aliphatic rings. The first-order valence-corrected chi connectivity index (χ1v) is 8.25. The number of carbonyl (C=O) groups is 2. The number of benzene rings is 1. The third kappa shape index (κ3) is 3.53. The zero-order valence-electron chi connectivity index (χ0n) is 14.5. The molecule has 2 heterocycles. The Bertz CT molecular complexity index is 937. The minimum absolute atomic E-state index is 0.0493. The van der Waals surface area contributed by atoms with E-state index in [0.717, 1.165) is 5.56 Å². The van der Waals surface area contributed by atoms with E-state index in [-0.39, 0.29) is 30.2 Å². The zero-order valence-corrected chi connectivity index (χ0v) is 14.5. The highest BCUT2D eigenvalue weighted by Gasteiger charge is 2.23. The van der Waals surface area contributed by atoms with Crippen LogP contribution in [0.25, 0.3) is 11.2 Å². The molecule has 1 aromatic carbocycles. The van der Waals surface area contributed by atoms with Crippen LogP contribution in [0, 0.1) is 0 Å². The number of ether oxygens (including phenoxy) is 2. The molecule has 0 spiro atoms. The van der Waals surface area contributed by atoms with Crippen LogP contribution in [0.2, 0.25) is 0 Å². The summed E-state index contributed by atoms with van der Waals surface area (Å²) >= 11 is 0. The number of esters is 2. The van der Waals surface area contributed by atoms with Gasteiger partial charge in [0, 0.05) is 0 Å². The molecule has 3 aromatic rings. The Morgan fingerprint density at radius 3 is 2.38 bits per heavy atom. The van der Waals surface area contributed by atoms with Crippen molar-refractivity contribution in [3.8, 4) is 0 Å². The van der Waals surface area contributed by atoms with Gasteiger partial charge in [0.1, 0.15) is 5.52 Å². The van der Waals surface area contributed by atoms with Gasteiger partial charge in [-0.05, 0) is 19.4 Å². The average molecular weight is 354 g/mol. The second-order valence-corrected chi connectivity index (χ2v) is 5.37. The quantitative estimate of drug-likeness (QED) is 0.626. The molecule has 0 atom stereocenters. The lowest BCUT2D eigenvalue weighted by atomic mass is 10.2. The van der Waals surface area contributed by atoms with E-state index in [1.807, 2.05) is 30.3 Å². The van der Waals surface area contributed by atoms with E-state index >= 15 is 0 Å². The Kier molecular flexibility index (Phi) is 5.21. The zero-order chi connectivity index (χ0) is 18.5. The standard InChI is InChI=1S/C18H18N4O4/c1-3-25-17(23)14-13-16(21-15(20-14)18(24)26-4-2)22(11-19-13)10-12-8-6-5-7-9-12/h5-9,11H,3-4,10H2,1-2H3. The van der Waals surface area contributed by atoms with Gasteiger partial charge in [-0.3, -0.25) is 0 Å². The van der Waals surface area contributed by atoms with E-state index in [1.165, 1.54) is 0 Å². The van der Waals surface area contributed by atoms with Crippen LogP contribution >= 0.6 is 0 Å². The number of nitrogens with zero attached hydrogens (tertiary/aromatic N) is 4. The number of hydrogen-bond acceptors (Lipinski definition) is 7. The van der Waals surface area contributed by atoms with Crippen molar-refractivity contribution < 1.29 is 19.1 Å². The summed E-state index contributed by atoms with van der Waals surface area (Å²) in [5.41, 5.74) is 1.63. The minimum Gasteiger partial charge on any atom is -0.461 e. The summed E-state index contributed by atoms with van der Waals surface area (Å²) in [5.74, 6) is -1.56. The topological polar surface area (TPSA) is 96.2 Å². The van der Waals surface area contributed by atoms with Crippen LogP contribution in [-0.4, -0.2) is 44.7 Å². The summed E-state index contributed by atoms with van der Waals surface area (Å²) < 4.78 is 11.7. The van der Waals surface area contributed by atoms with Crippen LogP contribution in [0.15, 0.2) is 36.7 Å². The van der Waals surface area contributed by atoms with Crippen molar-refractivity contribution in [1.82, 2.24) is 19.5 Å². The molecular weight excluding hydrogens is 336 g/mol. The smallest absolute Gasteiger partial charge is 0.376 e. The van der Waals surface area contributed by atoms with E-state index in [9.17, 15) is 9.59 Å². The Morgan fingerprint density at radius 2 is 1.69 bits per heavy atom. The highest BCUT2D eigenvalue weighted by atomic mass is 16.5. The fourth-order valence-electron chi connectivity index (χ4n) is 2.47. The van der Waals surface area contributed by atoms with Crippen molar-refractivity contribution >= 4 is 23.1 Å². The SMILES string of the molecule is CCOC(=O)c1nc(C(=O)OCC)c2ncn(Cc3ccccc3)c2n1. The highest BCUT2D eigenvalue weighted by molar-refractivity contribution is 6.00. The van der Waals surface area contributed by atoms with Crippen LogP contribution in [0.5, 0.6) is 0 Å². The van der Waals surface area contributed by atoms with Crippen molar-refractivity contribution in [2.75, 3.05) is 13.2 Å². The van der Waals surface area contributed by atoms with Crippen molar-refractivity contribution in [2.45, 2.75) is 20.4 Å². The Hall–Kier alpha value is -3.29. The van der Waals surface area contributed by atoms with Crippen LogP contribution in [0.4, 0.5) is 0 Å². The maximum Gasteiger partial charge on any atom is 0.376 e. The molecule has 0 saturated heterocycles. The Balaban J connectivity index is 2.10. The predicted octanol–water partition coefficient (Wildman–Crippen LogP) is 2.23. The fourth-order valence-corrected chi connectivity index (χ4v) is 2.47. The third-order valence-electron chi connectivity index (χ3n) is 3.59. The van der Waals surface area contributed by atoms with Crippen molar-refractivity contribution in [2.24, 2.45) is 0 Å². The molecule has 0 aliphatic carbocycles. The Morgan fingerprint density at radius 1 is 1.00 bits per heavy atom. The minimum atomic E-state index is -0.701. The molecule has 26 heavy (non-hydrogen) atoms. The lowest BCUT2D eigenvalue weighted by molar-refractivity contribution is 0.0507. The molecule has 8 heteroatoms. The summed E-state index contributed by atoms with van der Waals surface area (Å²) in [5, 5.41) is 0. The Labute approximate surface area is 149 Å². The van der Waals surface area contributed by atoms with Crippen LogP contribution in [0.3, 0.4) is 0 Å². The van der Waals surface area contributed by atoms with E-state index in [2.05, 4.69) is 15.0 Å². The van der Waals surface area contributed by atoms with E-state index < -0.39 is 11.9 Å². The molecule has 134 valence electrons. The summed E-state index contributed by atoms with van der Waals surface area (Å²) in [7, 11) is 0. The second kappa shape index (κ2) is 7.73. The highest BCUT2D eigenvalue weighted by Crippen LogP contribution is 2.17. The van der Waals surface area contributed by atoms with Gasteiger partial charge >= 0.3 is 11.9 Å². The monoisotopic (exact) mass is 354 g/mol. The molecule has 0 N–H and O–H groups in total. The number of fused-ring (bicyclic) bond motifs is 1. The average Bonchev–Trinajstić information content (AvgIpc) is 3.05. The van der Waals surface area contributed by atoms with Gasteiger partial charge in [0.2, 0.25) is 5.82 Å². The first kappa shape index (κ1) is 17.5. The predicted molar refractivity (Wildman–Crippen MR) is 92.8 cm³/mol. The summed E-state index contributed by atoms with van der Waals surface area (Å²) in [6.45, 7) is 4.22. The van der Waals surface area contributed by atoms with Gasteiger partial charge in [0.25, 0.3) is 0 Å². The number of imidazole rings is 1. The maximum absolute atomic E-state index is 12.2. The molecule has 0 saturated carbocycles. The molecule has 0 bridgehead atoms. The van der Waals surface area contributed by atoms with Crippen molar-refractivity contribution in [3.63, 3.8) is 0 Å². The van der Waals surface area contributed by atoms with Gasteiger partial charge < -0.3 is 14.0 Å². The normalized spacial score (nSPS) is 10.7. The number of hydrogen-bond donors (Lipinski definition) is 0. The molecular formula is C18H18N4O4. The van der Waals surface area contributed by atoms with Gasteiger partial charge in [-0.15, -0.1) is 0 Å². The van der Waals surface area contributed by atoms with Gasteiger partial charge in [0.15, 0.2) is 11.3 Å². The molecule has 3 rings (SSSR count). The van der Waals surface area contributed by atoms with Crippen molar-refractivity contribution in [1.29, 1.82) is 0 Å². The van der Waals surface area contributed by atoms with Gasteiger partial charge in [-0.1, -0.05) is 30.3 Å². The van der Waals surface area contributed by atoms with E-state index in [4.69, 9.17) is 9.47 Å². The molecule has 0 radical (unpaired) electrons. The van der Waals surface area contributed by atoms with Crippen molar-refractivity contribution in [3.05, 3.63) is 53.7 Å². The first-order valence-electron chi connectivity index (χ1n) is 8.25.